The molecule has 0 saturated carbocycles. The van der Waals surface area contributed by atoms with E-state index >= 15 is 0 Å². The zero-order chi connectivity index (χ0) is 21.2. The third kappa shape index (κ3) is 6.81. The van der Waals surface area contributed by atoms with Gasteiger partial charge >= 0.3 is 0 Å². The number of unbranched alkanes of at least 4 members (excludes halogenated alkanes) is 1. The summed E-state index contributed by atoms with van der Waals surface area (Å²) in [6.45, 7) is 2.62. The van der Waals surface area contributed by atoms with Crippen molar-refractivity contribution in [2.75, 3.05) is 6.54 Å². The number of nitrogens with zero attached hydrogens (tertiary/aromatic N) is 1. The number of aromatic nitrogens is 1. The minimum absolute atomic E-state index is 0.0673. The number of carbonyl (C=O) groups excluding carboxylic acids is 2. The average Bonchev–Trinajstić information content (AvgIpc) is 3.19. The summed E-state index contributed by atoms with van der Waals surface area (Å²) in [6.07, 6.45) is 3.03. The highest BCUT2D eigenvalue weighted by Crippen LogP contribution is 2.18. The molecule has 156 valence electrons. The average molecular weight is 422 g/mol. The van der Waals surface area contributed by atoms with Crippen LogP contribution in [0.4, 0.5) is 0 Å². The molecule has 1 unspecified atom stereocenters. The lowest BCUT2D eigenvalue weighted by Crippen LogP contribution is -2.34. The van der Waals surface area contributed by atoms with E-state index in [1.807, 2.05) is 55.5 Å². The summed E-state index contributed by atoms with van der Waals surface area (Å²) >= 11 is 1.69. The number of amides is 2. The van der Waals surface area contributed by atoms with Crippen molar-refractivity contribution < 1.29 is 9.59 Å². The Hall–Kier alpha value is -2.99. The Balaban J connectivity index is 1.49. The molecule has 2 amide bonds. The Morgan fingerprint density at radius 1 is 1.00 bits per heavy atom. The number of hydrogen-bond donors (Lipinski definition) is 2. The quantitative estimate of drug-likeness (QED) is 0.475. The van der Waals surface area contributed by atoms with Gasteiger partial charge in [0.15, 0.2) is 0 Å². The number of rotatable bonds is 10. The van der Waals surface area contributed by atoms with E-state index in [9.17, 15) is 9.59 Å². The molecule has 0 spiro atoms. The molecule has 1 atom stereocenters. The van der Waals surface area contributed by atoms with Crippen LogP contribution in [0.2, 0.25) is 0 Å². The van der Waals surface area contributed by atoms with E-state index < -0.39 is 0 Å². The van der Waals surface area contributed by atoms with Crippen LogP contribution in [0.1, 0.15) is 51.9 Å². The van der Waals surface area contributed by atoms with Gasteiger partial charge in [0, 0.05) is 23.2 Å². The van der Waals surface area contributed by atoms with E-state index in [0.717, 1.165) is 35.5 Å². The molecule has 0 aliphatic rings. The molecule has 6 heteroatoms. The molecule has 0 aliphatic carbocycles. The fourth-order valence-corrected chi connectivity index (χ4v) is 3.99. The maximum atomic E-state index is 12.6. The van der Waals surface area contributed by atoms with Crippen molar-refractivity contribution in [2.45, 2.75) is 38.6 Å². The third-order valence-electron chi connectivity index (χ3n) is 4.74. The van der Waals surface area contributed by atoms with Crippen LogP contribution in [0.25, 0.3) is 0 Å². The first-order chi connectivity index (χ1) is 14.6. The van der Waals surface area contributed by atoms with Crippen molar-refractivity contribution in [3.05, 3.63) is 87.9 Å². The second-order valence-corrected chi connectivity index (χ2v) is 8.14. The largest absolute Gasteiger partial charge is 0.356 e. The fraction of sp³-hybridized carbons (Fsp3) is 0.292. The van der Waals surface area contributed by atoms with Crippen molar-refractivity contribution >= 4 is 23.2 Å². The number of nitrogens with one attached hydrogen (secondary N) is 2. The molecule has 3 aromatic rings. The summed E-state index contributed by atoms with van der Waals surface area (Å²) < 4.78 is 0. The van der Waals surface area contributed by atoms with Gasteiger partial charge in [0.25, 0.3) is 5.91 Å². The van der Waals surface area contributed by atoms with Crippen LogP contribution in [0.15, 0.2) is 66.0 Å². The summed E-state index contributed by atoms with van der Waals surface area (Å²) in [6, 6.07) is 18.3. The van der Waals surface area contributed by atoms with Crippen LogP contribution in [-0.4, -0.2) is 23.3 Å². The van der Waals surface area contributed by atoms with Gasteiger partial charge in [-0.2, -0.15) is 0 Å². The first-order valence-corrected chi connectivity index (χ1v) is 11.1. The van der Waals surface area contributed by atoms with Crippen molar-refractivity contribution in [1.29, 1.82) is 0 Å². The molecule has 2 N–H and O–H groups in total. The van der Waals surface area contributed by atoms with E-state index in [1.165, 1.54) is 0 Å². The molecule has 0 radical (unpaired) electrons. The standard InChI is InChI=1S/C24H27N3O2S/c1-18-17-30-23(26-18)14-8-9-15-25-22(28)16-21(19-10-4-2-5-11-19)27-24(29)20-12-6-3-7-13-20/h2-7,10-13,17,21H,8-9,14-16H2,1H3,(H,25,28)(H,27,29). The summed E-state index contributed by atoms with van der Waals surface area (Å²) in [7, 11) is 0. The first kappa shape index (κ1) is 21.7. The van der Waals surface area contributed by atoms with Gasteiger partial charge in [0.05, 0.1) is 17.5 Å². The number of hydrogen-bond acceptors (Lipinski definition) is 4. The molecule has 5 nitrogen and oxygen atoms in total. The molecule has 1 heterocycles. The smallest absolute Gasteiger partial charge is 0.251 e. The molecule has 1 aromatic heterocycles. The lowest BCUT2D eigenvalue weighted by atomic mass is 10.0. The number of thiazole rings is 1. The van der Waals surface area contributed by atoms with Crippen molar-refractivity contribution in [3.63, 3.8) is 0 Å². The van der Waals surface area contributed by atoms with Gasteiger partial charge in [-0.25, -0.2) is 4.98 Å². The predicted molar refractivity (Wildman–Crippen MR) is 121 cm³/mol. The van der Waals surface area contributed by atoms with Gasteiger partial charge < -0.3 is 10.6 Å². The predicted octanol–water partition coefficient (Wildman–Crippen LogP) is 4.45. The number of aryl methyl sites for hydroxylation is 2. The molecular formula is C24H27N3O2S. The molecule has 30 heavy (non-hydrogen) atoms. The van der Waals surface area contributed by atoms with Gasteiger partial charge in [-0.3, -0.25) is 9.59 Å². The van der Waals surface area contributed by atoms with Gasteiger partial charge in [0.1, 0.15) is 0 Å². The fourth-order valence-electron chi connectivity index (χ4n) is 3.17. The highest BCUT2D eigenvalue weighted by atomic mass is 32.1. The lowest BCUT2D eigenvalue weighted by Gasteiger charge is -2.19. The van der Waals surface area contributed by atoms with Crippen LogP contribution < -0.4 is 10.6 Å². The van der Waals surface area contributed by atoms with E-state index in [-0.39, 0.29) is 24.3 Å². The van der Waals surface area contributed by atoms with E-state index in [4.69, 9.17) is 0 Å². The van der Waals surface area contributed by atoms with Gasteiger partial charge in [0.2, 0.25) is 5.91 Å². The van der Waals surface area contributed by atoms with Crippen LogP contribution >= 0.6 is 11.3 Å². The highest BCUT2D eigenvalue weighted by molar-refractivity contribution is 7.09. The van der Waals surface area contributed by atoms with Crippen LogP contribution in [0, 0.1) is 6.92 Å². The normalized spacial score (nSPS) is 11.6. The van der Waals surface area contributed by atoms with E-state index in [2.05, 4.69) is 21.0 Å². The van der Waals surface area contributed by atoms with E-state index in [0.29, 0.717) is 12.1 Å². The van der Waals surface area contributed by atoms with Gasteiger partial charge in [-0.05, 0) is 43.9 Å². The monoisotopic (exact) mass is 421 g/mol. The molecule has 0 saturated heterocycles. The Morgan fingerprint density at radius 2 is 1.70 bits per heavy atom. The van der Waals surface area contributed by atoms with E-state index in [1.54, 1.807) is 23.5 Å². The molecule has 3 rings (SSSR count). The van der Waals surface area contributed by atoms with Crippen LogP contribution in [-0.2, 0) is 11.2 Å². The Morgan fingerprint density at radius 3 is 2.37 bits per heavy atom. The third-order valence-corrected chi connectivity index (χ3v) is 5.77. The van der Waals surface area contributed by atoms with Crippen molar-refractivity contribution in [3.8, 4) is 0 Å². The first-order valence-electron chi connectivity index (χ1n) is 10.2. The second kappa shape index (κ2) is 11.3. The Bertz CT molecular complexity index is 941. The molecule has 0 bridgehead atoms. The Labute approximate surface area is 181 Å². The van der Waals surface area contributed by atoms with Gasteiger partial charge in [-0.1, -0.05) is 48.5 Å². The number of carbonyl (C=O) groups is 2. The molecule has 2 aromatic carbocycles. The van der Waals surface area contributed by atoms with Crippen LogP contribution in [0.5, 0.6) is 0 Å². The molecule has 0 aliphatic heterocycles. The maximum Gasteiger partial charge on any atom is 0.251 e. The SMILES string of the molecule is Cc1csc(CCCCNC(=O)CC(NC(=O)c2ccccc2)c2ccccc2)n1. The van der Waals surface area contributed by atoms with Crippen molar-refractivity contribution in [2.24, 2.45) is 0 Å². The highest BCUT2D eigenvalue weighted by Gasteiger charge is 2.19. The molecular weight excluding hydrogens is 394 g/mol. The van der Waals surface area contributed by atoms with Gasteiger partial charge in [-0.15, -0.1) is 11.3 Å². The summed E-state index contributed by atoms with van der Waals surface area (Å²) in [5, 5.41) is 9.18. The summed E-state index contributed by atoms with van der Waals surface area (Å²) in [5.74, 6) is -0.252. The number of benzene rings is 2. The maximum absolute atomic E-state index is 12.6. The summed E-state index contributed by atoms with van der Waals surface area (Å²) in [5.41, 5.74) is 2.56. The summed E-state index contributed by atoms with van der Waals surface area (Å²) in [4.78, 5) is 29.6. The lowest BCUT2D eigenvalue weighted by molar-refractivity contribution is -0.121. The topological polar surface area (TPSA) is 71.1 Å². The Kier molecular flexibility index (Phi) is 8.15. The zero-order valence-corrected chi connectivity index (χ0v) is 18.0. The minimum atomic E-state index is -0.378. The second-order valence-electron chi connectivity index (χ2n) is 7.20. The van der Waals surface area contributed by atoms with Crippen molar-refractivity contribution in [1.82, 2.24) is 15.6 Å². The zero-order valence-electron chi connectivity index (χ0n) is 17.1. The minimum Gasteiger partial charge on any atom is -0.356 e. The van der Waals surface area contributed by atoms with Crippen LogP contribution in [0.3, 0.4) is 0 Å². The molecule has 0 fully saturated rings.